The van der Waals surface area contributed by atoms with Crippen LogP contribution in [0.15, 0.2) is 71.6 Å². The molecule has 3 aromatic rings. The largest absolute Gasteiger partial charge is 0.478 e. The topological polar surface area (TPSA) is 112 Å². The summed E-state index contributed by atoms with van der Waals surface area (Å²) in [5.41, 5.74) is 0.802. The monoisotopic (exact) mass is 490 g/mol. The molecule has 8 nitrogen and oxygen atoms in total. The molecule has 1 N–H and O–H groups in total. The molecular weight excluding hydrogens is 471 g/mol. The van der Waals surface area contributed by atoms with E-state index in [1.54, 1.807) is 6.07 Å². The number of carbonyl (C=O) groups is 1. The number of sulfonamides is 1. The van der Waals surface area contributed by atoms with E-state index < -0.39 is 32.7 Å². The SMILES string of the molecule is O=C(O)c1ccccc1N(c1ccc2c(c1)N(S(=O)(=O)c1ccc(F)cc1)CCC2)[SH](=O)=O. The van der Waals surface area contributed by atoms with Gasteiger partial charge in [0.2, 0.25) is 10.9 Å². The second-order valence-corrected chi connectivity index (χ2v) is 10.1. The number of benzene rings is 3. The van der Waals surface area contributed by atoms with Gasteiger partial charge in [-0.05, 0) is 66.9 Å². The van der Waals surface area contributed by atoms with Gasteiger partial charge in [-0.15, -0.1) is 0 Å². The van der Waals surface area contributed by atoms with Gasteiger partial charge in [0.25, 0.3) is 10.0 Å². The number of aryl methyl sites for hydroxylation is 1. The maximum atomic E-state index is 13.3. The lowest BCUT2D eigenvalue weighted by Crippen LogP contribution is -2.35. The third-order valence-corrected chi connectivity index (χ3v) is 7.92. The van der Waals surface area contributed by atoms with Crippen LogP contribution < -0.4 is 8.61 Å². The van der Waals surface area contributed by atoms with Gasteiger partial charge in [0.15, 0.2) is 0 Å². The third kappa shape index (κ3) is 4.29. The van der Waals surface area contributed by atoms with Crippen molar-refractivity contribution >= 4 is 43.9 Å². The summed E-state index contributed by atoms with van der Waals surface area (Å²) in [6.07, 6.45) is 1.13. The first kappa shape index (κ1) is 22.7. The van der Waals surface area contributed by atoms with Crippen molar-refractivity contribution in [2.45, 2.75) is 17.7 Å². The molecule has 0 amide bonds. The molecule has 1 heterocycles. The van der Waals surface area contributed by atoms with Crippen LogP contribution in [0.25, 0.3) is 0 Å². The van der Waals surface area contributed by atoms with E-state index in [2.05, 4.69) is 0 Å². The summed E-state index contributed by atoms with van der Waals surface area (Å²) < 4.78 is 66.2. The third-order valence-electron chi connectivity index (χ3n) is 5.32. The molecule has 0 radical (unpaired) electrons. The Morgan fingerprint density at radius 1 is 1.03 bits per heavy atom. The lowest BCUT2D eigenvalue weighted by molar-refractivity contribution is 0.0698. The van der Waals surface area contributed by atoms with E-state index in [9.17, 15) is 31.1 Å². The predicted molar refractivity (Wildman–Crippen MR) is 122 cm³/mol. The van der Waals surface area contributed by atoms with Gasteiger partial charge in [-0.25, -0.2) is 30.3 Å². The van der Waals surface area contributed by atoms with Gasteiger partial charge in [0.1, 0.15) is 5.82 Å². The molecule has 3 aromatic carbocycles. The molecule has 0 saturated carbocycles. The van der Waals surface area contributed by atoms with E-state index in [0.717, 1.165) is 16.4 Å². The minimum Gasteiger partial charge on any atom is -0.478 e. The number of aromatic carboxylic acids is 1. The van der Waals surface area contributed by atoms with Crippen molar-refractivity contribution in [1.82, 2.24) is 0 Å². The molecule has 0 fully saturated rings. The molecule has 0 atom stereocenters. The fourth-order valence-corrected chi connectivity index (χ4v) is 6.00. The lowest BCUT2D eigenvalue weighted by atomic mass is 10.0. The van der Waals surface area contributed by atoms with E-state index >= 15 is 0 Å². The van der Waals surface area contributed by atoms with Crippen LogP contribution in [-0.4, -0.2) is 34.5 Å². The average Bonchev–Trinajstić information content (AvgIpc) is 2.79. The maximum absolute atomic E-state index is 13.3. The molecule has 11 heteroatoms. The molecule has 0 aromatic heterocycles. The van der Waals surface area contributed by atoms with Crippen molar-refractivity contribution in [3.05, 3.63) is 83.7 Å². The zero-order valence-electron chi connectivity index (χ0n) is 17.1. The van der Waals surface area contributed by atoms with Gasteiger partial charge in [-0.2, -0.15) is 0 Å². The Morgan fingerprint density at radius 3 is 2.39 bits per heavy atom. The highest BCUT2D eigenvalue weighted by Gasteiger charge is 2.30. The number of thiol groups is 1. The maximum Gasteiger partial charge on any atom is 0.337 e. The number of rotatable bonds is 6. The number of hydrogen-bond acceptors (Lipinski definition) is 5. The van der Waals surface area contributed by atoms with Crippen LogP contribution in [0.2, 0.25) is 0 Å². The Morgan fingerprint density at radius 2 is 1.73 bits per heavy atom. The van der Waals surface area contributed by atoms with Crippen molar-refractivity contribution < 1.29 is 31.1 Å². The molecule has 0 spiro atoms. The van der Waals surface area contributed by atoms with E-state index in [-0.39, 0.29) is 34.1 Å². The summed E-state index contributed by atoms with van der Waals surface area (Å²) in [6, 6.07) is 14.7. The summed E-state index contributed by atoms with van der Waals surface area (Å²) in [5.74, 6) is -1.87. The van der Waals surface area contributed by atoms with E-state index in [1.165, 1.54) is 52.8 Å². The molecule has 172 valence electrons. The minimum atomic E-state index is -4.04. The smallest absolute Gasteiger partial charge is 0.337 e. The van der Waals surface area contributed by atoms with Gasteiger partial charge >= 0.3 is 5.97 Å². The Labute approximate surface area is 191 Å². The van der Waals surface area contributed by atoms with Crippen LogP contribution in [0.3, 0.4) is 0 Å². The van der Waals surface area contributed by atoms with Crippen molar-refractivity contribution in [3.63, 3.8) is 0 Å². The average molecular weight is 491 g/mol. The zero-order valence-corrected chi connectivity index (χ0v) is 18.8. The van der Waals surface area contributed by atoms with Crippen molar-refractivity contribution in [2.24, 2.45) is 0 Å². The van der Waals surface area contributed by atoms with Gasteiger partial charge in [0.05, 0.1) is 27.5 Å². The highest BCUT2D eigenvalue weighted by atomic mass is 32.2. The van der Waals surface area contributed by atoms with E-state index in [0.29, 0.717) is 18.4 Å². The number of nitrogens with zero attached hydrogens (tertiary/aromatic N) is 2. The lowest BCUT2D eigenvalue weighted by Gasteiger charge is -2.32. The number of para-hydroxylation sites is 1. The summed E-state index contributed by atoms with van der Waals surface area (Å²) in [7, 11) is -7.34. The Bertz CT molecular complexity index is 1400. The van der Waals surface area contributed by atoms with E-state index in [4.69, 9.17) is 0 Å². The standard InChI is InChI=1S/C22H19FN2O6S2/c23-16-8-11-18(12-9-16)33(30,31)24-13-3-4-15-7-10-17(14-21(15)24)25(32(28)29)20-6-2-1-5-19(20)22(26)27/h1-2,5-12,14,32H,3-4,13H2,(H,26,27). The van der Waals surface area contributed by atoms with Crippen LogP contribution in [0.5, 0.6) is 0 Å². The molecule has 0 unspecified atom stereocenters. The second-order valence-electron chi connectivity index (χ2n) is 7.32. The second kappa shape index (κ2) is 8.83. The normalized spacial score (nSPS) is 13.6. The first-order valence-corrected chi connectivity index (χ1v) is 12.4. The fourth-order valence-electron chi connectivity index (χ4n) is 3.81. The number of carboxylic acids is 1. The summed E-state index contributed by atoms with van der Waals surface area (Å²) >= 11 is 0. The van der Waals surface area contributed by atoms with Crippen LogP contribution in [0.1, 0.15) is 22.3 Å². The van der Waals surface area contributed by atoms with Gasteiger partial charge in [-0.1, -0.05) is 18.2 Å². The molecule has 1 aliphatic rings. The van der Waals surface area contributed by atoms with Crippen molar-refractivity contribution in [1.29, 1.82) is 0 Å². The predicted octanol–water partition coefficient (Wildman–Crippen LogP) is 3.33. The highest BCUT2D eigenvalue weighted by molar-refractivity contribution is 7.92. The zero-order chi connectivity index (χ0) is 23.8. The molecule has 1 aliphatic heterocycles. The van der Waals surface area contributed by atoms with Gasteiger partial charge in [-0.3, -0.25) is 4.31 Å². The quantitative estimate of drug-likeness (QED) is 0.513. The van der Waals surface area contributed by atoms with Gasteiger partial charge < -0.3 is 5.11 Å². The van der Waals surface area contributed by atoms with Gasteiger partial charge in [0, 0.05) is 6.54 Å². The van der Waals surface area contributed by atoms with Crippen molar-refractivity contribution in [2.75, 3.05) is 15.2 Å². The molecule has 33 heavy (non-hydrogen) atoms. The van der Waals surface area contributed by atoms with Crippen LogP contribution in [-0.2, 0) is 27.3 Å². The Balaban J connectivity index is 1.84. The first-order valence-electron chi connectivity index (χ1n) is 9.88. The number of fused-ring (bicyclic) bond motifs is 1. The fraction of sp³-hybridized carbons (Fsp3) is 0.136. The van der Waals surface area contributed by atoms with Crippen LogP contribution in [0, 0.1) is 5.82 Å². The molecule has 0 bridgehead atoms. The van der Waals surface area contributed by atoms with Crippen molar-refractivity contribution in [3.8, 4) is 0 Å². The highest BCUT2D eigenvalue weighted by Crippen LogP contribution is 2.37. The summed E-state index contributed by atoms with van der Waals surface area (Å²) in [6.45, 7) is 0.158. The number of halogens is 1. The minimum absolute atomic E-state index is 0.0650. The Hall–Kier alpha value is -3.44. The molecule has 0 aliphatic carbocycles. The van der Waals surface area contributed by atoms with Crippen LogP contribution >= 0.6 is 0 Å². The number of hydrogen-bond donors (Lipinski definition) is 2. The Kier molecular flexibility index (Phi) is 6.09. The summed E-state index contributed by atoms with van der Waals surface area (Å²) in [4.78, 5) is 11.5. The first-order chi connectivity index (χ1) is 15.7. The molecular formula is C22H19FN2O6S2. The molecule has 4 rings (SSSR count). The summed E-state index contributed by atoms with van der Waals surface area (Å²) in [5, 5.41) is 9.49. The van der Waals surface area contributed by atoms with E-state index in [1.807, 2.05) is 0 Å². The number of carboxylic acid groups (broad SMARTS) is 1. The van der Waals surface area contributed by atoms with Crippen LogP contribution in [0.4, 0.5) is 21.5 Å². The molecule has 0 saturated heterocycles. The number of anilines is 3.